The maximum absolute atomic E-state index is 11.9. The van der Waals surface area contributed by atoms with Crippen molar-refractivity contribution in [1.29, 1.82) is 0 Å². The van der Waals surface area contributed by atoms with Crippen molar-refractivity contribution in [2.45, 2.75) is 18.1 Å². The lowest BCUT2D eigenvalue weighted by Crippen LogP contribution is -2.21. The summed E-state index contributed by atoms with van der Waals surface area (Å²) in [5, 5.41) is -0.826. The number of ether oxygens (including phenoxy) is 1. The highest BCUT2D eigenvalue weighted by atomic mass is 32.2. The van der Waals surface area contributed by atoms with Gasteiger partial charge >= 0.3 is 5.97 Å². The highest BCUT2D eigenvalue weighted by molar-refractivity contribution is 7.90. The smallest absolute Gasteiger partial charge is 0.337 e. The molecule has 6 nitrogen and oxygen atoms in total. The van der Waals surface area contributed by atoms with Crippen molar-refractivity contribution in [1.82, 2.24) is 4.72 Å². The lowest BCUT2D eigenvalue weighted by atomic mass is 10.0. The molecular weight excluding hydrogens is 342 g/mol. The van der Waals surface area contributed by atoms with Gasteiger partial charge in [0.15, 0.2) is 0 Å². The normalized spacial score (nSPS) is 18.6. The molecule has 1 aliphatic heterocycles. The van der Waals surface area contributed by atoms with E-state index in [1.54, 1.807) is 24.3 Å². The molecule has 1 amide bonds. The van der Waals surface area contributed by atoms with Crippen LogP contribution in [0.5, 0.6) is 0 Å². The van der Waals surface area contributed by atoms with Gasteiger partial charge in [-0.05, 0) is 35.2 Å². The molecule has 1 heterocycles. The number of carbonyl (C=O) groups excluding carboxylic acids is 2. The number of sulfonamides is 1. The number of amides is 1. The molecule has 1 fully saturated rings. The predicted molar refractivity (Wildman–Crippen MR) is 91.5 cm³/mol. The second kappa shape index (κ2) is 6.68. The average molecular weight is 359 g/mol. The molecule has 0 aromatic heterocycles. The highest BCUT2D eigenvalue weighted by Crippen LogP contribution is 2.30. The molecule has 0 saturated carbocycles. The van der Waals surface area contributed by atoms with Crippen LogP contribution < -0.4 is 4.72 Å². The van der Waals surface area contributed by atoms with Crippen molar-refractivity contribution in [3.63, 3.8) is 0 Å². The van der Waals surface area contributed by atoms with E-state index >= 15 is 0 Å². The Hall–Kier alpha value is -2.67. The lowest BCUT2D eigenvalue weighted by molar-refractivity contribution is -0.118. The summed E-state index contributed by atoms with van der Waals surface area (Å²) < 4.78 is 30.5. The fourth-order valence-corrected chi connectivity index (χ4v) is 4.24. The fourth-order valence-electron chi connectivity index (χ4n) is 2.81. The maximum Gasteiger partial charge on any atom is 0.337 e. The van der Waals surface area contributed by atoms with Gasteiger partial charge in [0.1, 0.15) is 5.25 Å². The van der Waals surface area contributed by atoms with Crippen LogP contribution in [0.15, 0.2) is 48.5 Å². The first kappa shape index (κ1) is 17.2. The van der Waals surface area contributed by atoms with Gasteiger partial charge in [0.2, 0.25) is 15.9 Å². The standard InChI is InChI=1S/C18H17NO5S/c1-24-18(21)15-8-4-13(5-9-15)10-12-2-6-14(7-3-12)16-11-17(20)19-25(16,22)23/h2-9,16H,10-11H2,1H3,(H,19,20)/t16-/m1/s1. The minimum atomic E-state index is -3.62. The molecule has 25 heavy (non-hydrogen) atoms. The second-order valence-electron chi connectivity index (χ2n) is 5.87. The van der Waals surface area contributed by atoms with Crippen LogP contribution in [-0.2, 0) is 26.0 Å². The fraction of sp³-hybridized carbons (Fsp3) is 0.222. The molecule has 7 heteroatoms. The summed E-state index contributed by atoms with van der Waals surface area (Å²) in [7, 11) is -2.28. The number of methoxy groups -OCH3 is 1. The van der Waals surface area contributed by atoms with Crippen LogP contribution >= 0.6 is 0 Å². The third-order valence-electron chi connectivity index (χ3n) is 4.14. The van der Waals surface area contributed by atoms with Crippen molar-refractivity contribution in [3.8, 4) is 0 Å². The minimum Gasteiger partial charge on any atom is -0.465 e. The van der Waals surface area contributed by atoms with Gasteiger partial charge < -0.3 is 4.74 Å². The number of nitrogens with one attached hydrogen (secondary N) is 1. The summed E-state index contributed by atoms with van der Waals surface area (Å²) in [4.78, 5) is 22.7. The number of hydrogen-bond acceptors (Lipinski definition) is 5. The monoisotopic (exact) mass is 359 g/mol. The van der Waals surface area contributed by atoms with Crippen LogP contribution in [0.2, 0.25) is 0 Å². The molecule has 0 spiro atoms. The Morgan fingerprint density at radius 1 is 1.08 bits per heavy atom. The third kappa shape index (κ3) is 3.71. The first-order valence-electron chi connectivity index (χ1n) is 7.69. The molecular formula is C18H17NO5S. The molecule has 130 valence electrons. The SMILES string of the molecule is COC(=O)c1ccc(Cc2ccc([C@H]3CC(=O)NS3(=O)=O)cc2)cc1. The number of benzene rings is 2. The Kier molecular flexibility index (Phi) is 4.59. The van der Waals surface area contributed by atoms with Crippen molar-refractivity contribution < 1.29 is 22.7 Å². The Labute approximate surface area is 145 Å². The van der Waals surface area contributed by atoms with Gasteiger partial charge in [-0.1, -0.05) is 36.4 Å². The zero-order chi connectivity index (χ0) is 18.0. The molecule has 1 saturated heterocycles. The molecule has 2 aromatic carbocycles. The Bertz CT molecular complexity index is 901. The Balaban J connectivity index is 1.73. The zero-order valence-electron chi connectivity index (χ0n) is 13.6. The van der Waals surface area contributed by atoms with Crippen LogP contribution in [0.3, 0.4) is 0 Å². The van der Waals surface area contributed by atoms with Crippen LogP contribution in [-0.4, -0.2) is 27.4 Å². The van der Waals surface area contributed by atoms with Gasteiger partial charge in [-0.3, -0.25) is 9.52 Å². The number of esters is 1. The van der Waals surface area contributed by atoms with Gasteiger partial charge in [0.05, 0.1) is 19.1 Å². The number of carbonyl (C=O) groups is 2. The van der Waals surface area contributed by atoms with Crippen molar-refractivity contribution in [2.75, 3.05) is 7.11 Å². The summed E-state index contributed by atoms with van der Waals surface area (Å²) in [6, 6.07) is 14.3. The Morgan fingerprint density at radius 2 is 1.64 bits per heavy atom. The molecule has 0 radical (unpaired) electrons. The highest BCUT2D eigenvalue weighted by Gasteiger charge is 2.37. The first-order chi connectivity index (χ1) is 11.9. The lowest BCUT2D eigenvalue weighted by Gasteiger charge is -2.09. The van der Waals surface area contributed by atoms with Crippen molar-refractivity contribution in [2.24, 2.45) is 0 Å². The summed E-state index contributed by atoms with van der Waals surface area (Å²) in [6.07, 6.45) is 0.604. The van der Waals surface area contributed by atoms with E-state index < -0.39 is 21.2 Å². The molecule has 1 atom stereocenters. The van der Waals surface area contributed by atoms with Crippen LogP contribution in [0.25, 0.3) is 0 Å². The summed E-state index contributed by atoms with van der Waals surface area (Å²) in [6.45, 7) is 0. The van der Waals surface area contributed by atoms with Crippen LogP contribution in [0, 0.1) is 0 Å². The van der Waals surface area contributed by atoms with Gasteiger partial charge in [-0.15, -0.1) is 0 Å². The van der Waals surface area contributed by atoms with E-state index in [1.807, 2.05) is 29.0 Å². The van der Waals surface area contributed by atoms with E-state index in [4.69, 9.17) is 0 Å². The number of rotatable bonds is 4. The maximum atomic E-state index is 11.9. The molecule has 1 aliphatic rings. The van der Waals surface area contributed by atoms with Gasteiger partial charge in [0, 0.05) is 0 Å². The molecule has 1 N–H and O–H groups in total. The van der Waals surface area contributed by atoms with Gasteiger partial charge in [-0.25, -0.2) is 13.2 Å². The topological polar surface area (TPSA) is 89.5 Å². The zero-order valence-corrected chi connectivity index (χ0v) is 14.4. The molecule has 0 bridgehead atoms. The quantitative estimate of drug-likeness (QED) is 0.843. The molecule has 0 unspecified atom stereocenters. The third-order valence-corrected chi connectivity index (χ3v) is 5.84. The van der Waals surface area contributed by atoms with E-state index in [-0.39, 0.29) is 12.4 Å². The second-order valence-corrected chi connectivity index (χ2v) is 7.73. The van der Waals surface area contributed by atoms with Crippen molar-refractivity contribution >= 4 is 21.9 Å². The Morgan fingerprint density at radius 3 is 2.12 bits per heavy atom. The molecule has 2 aromatic rings. The van der Waals surface area contributed by atoms with E-state index in [0.29, 0.717) is 17.5 Å². The summed E-state index contributed by atoms with van der Waals surface area (Å²) >= 11 is 0. The van der Waals surface area contributed by atoms with Crippen molar-refractivity contribution in [3.05, 3.63) is 70.8 Å². The number of hydrogen-bond donors (Lipinski definition) is 1. The van der Waals surface area contributed by atoms with E-state index in [2.05, 4.69) is 4.74 Å². The summed E-state index contributed by atoms with van der Waals surface area (Å²) in [5.41, 5.74) is 3.11. The van der Waals surface area contributed by atoms with E-state index in [9.17, 15) is 18.0 Å². The van der Waals surface area contributed by atoms with E-state index in [0.717, 1.165) is 11.1 Å². The average Bonchev–Trinajstić information content (AvgIpc) is 2.88. The van der Waals surface area contributed by atoms with E-state index in [1.165, 1.54) is 7.11 Å². The molecule has 3 rings (SSSR count). The predicted octanol–water partition coefficient (Wildman–Crippen LogP) is 1.95. The van der Waals surface area contributed by atoms with Gasteiger partial charge in [-0.2, -0.15) is 0 Å². The minimum absolute atomic E-state index is 0.0450. The summed E-state index contributed by atoms with van der Waals surface area (Å²) in [5.74, 6) is -0.850. The molecule has 0 aliphatic carbocycles. The van der Waals surface area contributed by atoms with Gasteiger partial charge in [0.25, 0.3) is 0 Å². The van der Waals surface area contributed by atoms with Crippen LogP contribution in [0.1, 0.15) is 38.7 Å². The van der Waals surface area contributed by atoms with Crippen LogP contribution in [0.4, 0.5) is 0 Å². The largest absolute Gasteiger partial charge is 0.465 e. The first-order valence-corrected chi connectivity index (χ1v) is 9.24.